The van der Waals surface area contributed by atoms with E-state index in [1.54, 1.807) is 0 Å². The highest BCUT2D eigenvalue weighted by atomic mass is 32.9. The summed E-state index contributed by atoms with van der Waals surface area (Å²) in [6.07, 6.45) is 0.292. The maximum atomic E-state index is 11.0. The Bertz CT molecular complexity index is 374. The lowest BCUT2D eigenvalue weighted by atomic mass is 10.3. The van der Waals surface area contributed by atoms with Gasteiger partial charge in [0, 0.05) is 13.0 Å². The molecule has 1 heterocycles. The number of nitrogens with zero attached hydrogens (tertiary/aromatic N) is 1. The molecule has 1 aromatic heterocycles. The van der Waals surface area contributed by atoms with Crippen LogP contribution in [-0.4, -0.2) is 15.6 Å². The van der Waals surface area contributed by atoms with Crippen LogP contribution in [0.25, 0.3) is 0 Å². The van der Waals surface area contributed by atoms with E-state index in [0.717, 1.165) is 25.2 Å². The van der Waals surface area contributed by atoms with Gasteiger partial charge in [-0.25, -0.2) is 0 Å². The van der Waals surface area contributed by atoms with Crippen molar-refractivity contribution in [2.75, 3.05) is 0 Å². The zero-order chi connectivity index (χ0) is 9.84. The summed E-state index contributed by atoms with van der Waals surface area (Å²) in [4.78, 5) is 31.4. The summed E-state index contributed by atoms with van der Waals surface area (Å²) in [7, 11) is 1.76. The van der Waals surface area contributed by atoms with Crippen molar-refractivity contribution < 1.29 is 9.90 Å². The van der Waals surface area contributed by atoms with Crippen LogP contribution in [0.4, 0.5) is 0 Å². The molecule has 0 aliphatic rings. The van der Waals surface area contributed by atoms with Crippen molar-refractivity contribution >= 4 is 26.7 Å². The van der Waals surface area contributed by atoms with Crippen LogP contribution in [0.2, 0.25) is 0 Å². The van der Waals surface area contributed by atoms with E-state index < -0.39 is 5.97 Å². The Labute approximate surface area is 80.3 Å². The highest BCUT2D eigenvalue weighted by Crippen LogP contribution is 1.95. The number of carboxylic acids is 1. The van der Waals surface area contributed by atoms with Crippen LogP contribution in [0.1, 0.15) is 12.8 Å². The molecule has 0 radical (unpaired) electrons. The minimum absolute atomic E-state index is 0.0214. The summed E-state index contributed by atoms with van der Waals surface area (Å²) in [6.45, 7) is 0.198. The van der Waals surface area contributed by atoms with Crippen molar-refractivity contribution in [2.45, 2.75) is 19.4 Å². The van der Waals surface area contributed by atoms with Crippen molar-refractivity contribution in [1.82, 2.24) is 4.57 Å². The van der Waals surface area contributed by atoms with Crippen molar-refractivity contribution in [1.29, 1.82) is 0 Å². The summed E-state index contributed by atoms with van der Waals surface area (Å²) in [6, 6.07) is 0. The van der Waals surface area contributed by atoms with Crippen molar-refractivity contribution in [3.8, 4) is 0 Å². The smallest absolute Gasteiger partial charge is 0.320 e. The maximum absolute atomic E-state index is 11.0. The van der Waals surface area contributed by atoms with E-state index in [2.05, 4.69) is 0 Å². The third-order valence-electron chi connectivity index (χ3n) is 1.40. The van der Waals surface area contributed by atoms with Gasteiger partial charge < -0.3 is 5.11 Å². The monoisotopic (exact) mass is 221 g/mol. The zero-order valence-corrected chi connectivity index (χ0v) is 8.19. The fraction of sp³-hybridized carbons (Fsp3) is 0.500. The van der Waals surface area contributed by atoms with Crippen LogP contribution in [0.15, 0.2) is 9.59 Å². The van der Waals surface area contributed by atoms with Crippen LogP contribution in [0, 0.1) is 0 Å². The molecule has 1 rings (SSSR count). The first-order valence-electron chi connectivity index (χ1n) is 3.53. The molecule has 0 bridgehead atoms. The number of carboxylic acid groups (broad SMARTS) is 1. The summed E-state index contributed by atoms with van der Waals surface area (Å²) >= 11 is 0. The molecule has 1 aromatic rings. The van der Waals surface area contributed by atoms with Crippen LogP contribution >= 0.6 is 20.7 Å². The lowest BCUT2D eigenvalue weighted by Gasteiger charge is -1.95. The molecule has 0 amide bonds. The van der Waals surface area contributed by atoms with Crippen LogP contribution < -0.4 is 9.75 Å². The molecule has 0 fully saturated rings. The Morgan fingerprint density at radius 2 is 1.85 bits per heavy atom. The van der Waals surface area contributed by atoms with Gasteiger partial charge in [-0.3, -0.25) is 19.0 Å². The van der Waals surface area contributed by atoms with Gasteiger partial charge in [0.25, 0.3) is 0 Å². The minimum Gasteiger partial charge on any atom is -0.481 e. The van der Waals surface area contributed by atoms with Crippen LogP contribution in [-0.2, 0) is 11.3 Å². The number of hydrogen-bond donors (Lipinski definition) is 1. The number of carbonyl (C=O) groups is 1. The number of aromatic nitrogens is 1. The molecule has 0 aliphatic carbocycles. The predicted molar refractivity (Wildman–Crippen MR) is 49.6 cm³/mol. The van der Waals surface area contributed by atoms with E-state index in [0.29, 0.717) is 6.42 Å². The van der Waals surface area contributed by atoms with E-state index >= 15 is 0 Å². The molecule has 0 saturated carbocycles. The van der Waals surface area contributed by atoms with Gasteiger partial charge in [-0.15, -0.1) is 0 Å². The summed E-state index contributed by atoms with van der Waals surface area (Å²) in [5.74, 6) is -0.917. The van der Waals surface area contributed by atoms with Gasteiger partial charge in [-0.05, 0) is 27.1 Å². The molecular weight excluding hydrogens is 214 g/mol. The fourth-order valence-corrected chi connectivity index (χ4v) is 2.50. The molecule has 5 nitrogen and oxygen atoms in total. The Morgan fingerprint density at radius 3 is 2.31 bits per heavy atom. The Hall–Kier alpha value is -0.950. The molecule has 0 aromatic carbocycles. The molecule has 0 atom stereocenters. The molecule has 7 heteroatoms. The highest BCUT2D eigenvalue weighted by Gasteiger charge is 2.04. The van der Waals surface area contributed by atoms with Gasteiger partial charge in [0.05, 0.1) is 0 Å². The normalized spacial score (nSPS) is 10.2. The van der Waals surface area contributed by atoms with Crippen LogP contribution in [0.3, 0.4) is 0 Å². The highest BCUT2D eigenvalue weighted by molar-refractivity contribution is 7.67. The Kier molecular flexibility index (Phi) is 3.38. The molecule has 0 unspecified atom stereocenters. The van der Waals surface area contributed by atoms with E-state index in [1.807, 2.05) is 0 Å². The third kappa shape index (κ3) is 2.78. The summed E-state index contributed by atoms with van der Waals surface area (Å²) in [5, 5.41) is 8.32. The number of hydrogen-bond acceptors (Lipinski definition) is 5. The second-order valence-corrected chi connectivity index (χ2v) is 4.38. The van der Waals surface area contributed by atoms with E-state index in [4.69, 9.17) is 5.11 Å². The minimum atomic E-state index is -0.917. The lowest BCUT2D eigenvalue weighted by Crippen LogP contribution is -2.24. The second-order valence-electron chi connectivity index (χ2n) is 2.35. The predicted octanol–water partition coefficient (Wildman–Crippen LogP) is 0.196. The van der Waals surface area contributed by atoms with Crippen molar-refractivity contribution in [2.24, 2.45) is 0 Å². The average molecular weight is 221 g/mol. The second kappa shape index (κ2) is 4.33. The molecule has 0 saturated heterocycles. The largest absolute Gasteiger partial charge is 0.481 e. The van der Waals surface area contributed by atoms with Crippen LogP contribution in [0.5, 0.6) is 0 Å². The summed E-state index contributed by atoms with van der Waals surface area (Å²) < 4.78 is 1.07. The first kappa shape index (κ1) is 10.1. The van der Waals surface area contributed by atoms with Gasteiger partial charge in [-0.1, -0.05) is 0 Å². The van der Waals surface area contributed by atoms with Crippen molar-refractivity contribution in [3.63, 3.8) is 0 Å². The Balaban J connectivity index is 2.60. The Morgan fingerprint density at radius 1 is 1.31 bits per heavy atom. The molecular formula is C6H7NO4S2. The van der Waals surface area contributed by atoms with E-state index in [1.165, 1.54) is 0 Å². The van der Waals surface area contributed by atoms with Gasteiger partial charge in [0.15, 0.2) is 0 Å². The van der Waals surface area contributed by atoms with Gasteiger partial charge in [0.1, 0.15) is 0 Å². The third-order valence-corrected chi connectivity index (χ3v) is 3.31. The topological polar surface area (TPSA) is 76.4 Å². The van der Waals surface area contributed by atoms with Gasteiger partial charge >= 0.3 is 15.7 Å². The standard InChI is InChI=1S/C6H7NO4S2/c8-4(9)2-1-3-7-5(10)12-13-6(7)11/h1-3H2,(H,8,9). The zero-order valence-electron chi connectivity index (χ0n) is 6.56. The average Bonchev–Trinajstić information content (AvgIpc) is 2.34. The molecule has 0 spiro atoms. The van der Waals surface area contributed by atoms with E-state index in [9.17, 15) is 14.4 Å². The molecule has 72 valence electrons. The van der Waals surface area contributed by atoms with Gasteiger partial charge in [-0.2, -0.15) is 0 Å². The number of rotatable bonds is 4. The molecule has 1 N–H and O–H groups in total. The fourth-order valence-electron chi connectivity index (χ4n) is 0.807. The first-order chi connectivity index (χ1) is 6.11. The summed E-state index contributed by atoms with van der Waals surface area (Å²) in [5.41, 5.74) is 0. The van der Waals surface area contributed by atoms with E-state index in [-0.39, 0.29) is 22.7 Å². The molecule has 0 aliphatic heterocycles. The quantitative estimate of drug-likeness (QED) is 0.737. The maximum Gasteiger partial charge on any atom is 0.320 e. The SMILES string of the molecule is O=C(O)CCCn1c(=O)ssc1=O. The van der Waals surface area contributed by atoms with Crippen molar-refractivity contribution in [3.05, 3.63) is 19.3 Å². The first-order valence-corrected chi connectivity index (χ1v) is 5.68. The number of aliphatic carboxylic acids is 1. The van der Waals surface area contributed by atoms with Gasteiger partial charge in [0.2, 0.25) is 0 Å². The molecule has 13 heavy (non-hydrogen) atoms. The lowest BCUT2D eigenvalue weighted by molar-refractivity contribution is -0.137.